The van der Waals surface area contributed by atoms with Crippen LogP contribution in [-0.2, 0) is 16.1 Å². The Balaban J connectivity index is 1.54. The molecule has 0 spiro atoms. The highest BCUT2D eigenvalue weighted by Crippen LogP contribution is 2.33. The number of aliphatic imine (C=N–C) groups is 2. The Hall–Kier alpha value is -2.96. The summed E-state index contributed by atoms with van der Waals surface area (Å²) in [5.41, 5.74) is 1.45. The van der Waals surface area contributed by atoms with Crippen molar-refractivity contribution in [1.82, 2.24) is 10.2 Å². The number of amides is 2. The van der Waals surface area contributed by atoms with Crippen molar-refractivity contribution < 1.29 is 9.59 Å². The van der Waals surface area contributed by atoms with Gasteiger partial charge >= 0.3 is 0 Å². The van der Waals surface area contributed by atoms with Gasteiger partial charge in [0.2, 0.25) is 5.91 Å². The quantitative estimate of drug-likeness (QED) is 0.821. The Kier molecular flexibility index (Phi) is 5.23. The van der Waals surface area contributed by atoms with E-state index >= 15 is 0 Å². The third-order valence-corrected chi connectivity index (χ3v) is 5.91. The van der Waals surface area contributed by atoms with Crippen molar-refractivity contribution >= 4 is 51.6 Å². The fourth-order valence-corrected chi connectivity index (χ4v) is 4.28. The molecule has 4 rings (SSSR count). The largest absolute Gasteiger partial charge is 0.351 e. The van der Waals surface area contributed by atoms with Gasteiger partial charge in [0.1, 0.15) is 11.9 Å². The molecule has 3 heterocycles. The van der Waals surface area contributed by atoms with Crippen molar-refractivity contribution in [3.8, 4) is 6.07 Å². The molecule has 1 atom stereocenters. The topological polar surface area (TPSA) is 97.9 Å². The van der Waals surface area contributed by atoms with Crippen LogP contribution in [0, 0.1) is 11.3 Å². The summed E-state index contributed by atoms with van der Waals surface area (Å²) < 4.78 is 0. The number of thioether (sulfide) groups is 1. The second-order valence-electron chi connectivity index (χ2n) is 6.06. The second-order valence-corrected chi connectivity index (χ2v) is 8.04. The smallest absolute Gasteiger partial charge is 0.259 e. The molecule has 1 unspecified atom stereocenters. The zero-order valence-corrected chi connectivity index (χ0v) is 16.3. The van der Waals surface area contributed by atoms with Gasteiger partial charge in [-0.3, -0.25) is 14.6 Å². The van der Waals surface area contributed by atoms with E-state index in [4.69, 9.17) is 5.26 Å². The van der Waals surface area contributed by atoms with Gasteiger partial charge in [-0.25, -0.2) is 9.89 Å². The minimum Gasteiger partial charge on any atom is -0.351 e. The van der Waals surface area contributed by atoms with Crippen molar-refractivity contribution in [3.05, 3.63) is 52.2 Å². The lowest BCUT2D eigenvalue weighted by molar-refractivity contribution is -0.128. The van der Waals surface area contributed by atoms with Gasteiger partial charge in [-0.1, -0.05) is 30.0 Å². The second kappa shape index (κ2) is 7.96. The maximum Gasteiger partial charge on any atom is 0.259 e. The Morgan fingerprint density at radius 1 is 1.32 bits per heavy atom. The molecule has 2 aliphatic heterocycles. The number of benzene rings is 1. The van der Waals surface area contributed by atoms with Gasteiger partial charge in [-0.2, -0.15) is 5.26 Å². The number of rotatable bonds is 5. The molecule has 0 saturated carbocycles. The Bertz CT molecular complexity index is 1020. The van der Waals surface area contributed by atoms with E-state index in [-0.39, 0.29) is 24.0 Å². The van der Waals surface area contributed by atoms with Crippen LogP contribution in [0.3, 0.4) is 0 Å². The van der Waals surface area contributed by atoms with Gasteiger partial charge in [0.05, 0.1) is 30.5 Å². The van der Waals surface area contributed by atoms with Crippen LogP contribution < -0.4 is 5.32 Å². The van der Waals surface area contributed by atoms with Crippen LogP contribution in [0.15, 0.2) is 51.8 Å². The number of hydrogen-bond acceptors (Lipinski definition) is 7. The summed E-state index contributed by atoms with van der Waals surface area (Å²) in [5.74, 6) is 0.142. The number of amidine groups is 2. The zero-order chi connectivity index (χ0) is 19.5. The molecule has 0 aliphatic carbocycles. The minimum absolute atomic E-state index is 0.0252. The maximum absolute atomic E-state index is 12.9. The van der Waals surface area contributed by atoms with Crippen molar-refractivity contribution in [2.75, 3.05) is 5.75 Å². The molecule has 140 valence electrons. The monoisotopic (exact) mass is 409 g/mol. The van der Waals surface area contributed by atoms with Crippen LogP contribution in [0.1, 0.15) is 16.9 Å². The van der Waals surface area contributed by atoms with Gasteiger partial charge in [-0.05, 0) is 23.6 Å². The Labute approximate surface area is 169 Å². The van der Waals surface area contributed by atoms with Gasteiger partial charge in [0, 0.05) is 10.4 Å². The van der Waals surface area contributed by atoms with E-state index < -0.39 is 6.04 Å². The van der Waals surface area contributed by atoms with E-state index in [1.807, 2.05) is 47.8 Å². The molecule has 2 amide bonds. The lowest BCUT2D eigenvalue weighted by atomic mass is 10.1. The molecule has 1 aromatic heterocycles. The summed E-state index contributed by atoms with van der Waals surface area (Å²) in [5, 5.41) is 14.1. The normalized spacial score (nSPS) is 17.3. The van der Waals surface area contributed by atoms with Crippen LogP contribution in [0.25, 0.3) is 0 Å². The standard InChI is InChI=1S/C19H15N5O2S2/c20-7-9-28-19-23-14-6-2-1-5-13(14)17-22-15(18(26)24(17)19)10-16(25)21-11-12-4-3-8-27-12/h1-6,8,15H,9-11H2,(H,21,25). The van der Waals surface area contributed by atoms with Gasteiger partial charge in [-0.15, -0.1) is 11.3 Å². The van der Waals surface area contributed by atoms with Crippen molar-refractivity contribution in [3.63, 3.8) is 0 Å². The summed E-state index contributed by atoms with van der Waals surface area (Å²) in [6, 6.07) is 12.5. The summed E-state index contributed by atoms with van der Waals surface area (Å²) in [6.45, 7) is 0.436. The van der Waals surface area contributed by atoms with Crippen LogP contribution in [0.5, 0.6) is 0 Å². The van der Waals surface area contributed by atoms with Crippen LogP contribution >= 0.6 is 23.1 Å². The van der Waals surface area contributed by atoms with E-state index in [9.17, 15) is 9.59 Å². The number of nitrogens with zero attached hydrogens (tertiary/aromatic N) is 4. The van der Waals surface area contributed by atoms with E-state index in [1.165, 1.54) is 16.7 Å². The average Bonchev–Trinajstić information content (AvgIpc) is 3.33. The Morgan fingerprint density at radius 3 is 2.96 bits per heavy atom. The van der Waals surface area contributed by atoms with Crippen LogP contribution in [-0.4, -0.2) is 39.5 Å². The molecule has 2 aromatic rings. The van der Waals surface area contributed by atoms with E-state index in [2.05, 4.69) is 15.3 Å². The molecule has 1 N–H and O–H groups in total. The number of fused-ring (bicyclic) bond motifs is 3. The molecule has 7 nitrogen and oxygen atoms in total. The molecule has 0 saturated heterocycles. The number of para-hydroxylation sites is 1. The number of carbonyl (C=O) groups excluding carboxylic acids is 2. The lowest BCUT2D eigenvalue weighted by Crippen LogP contribution is -2.42. The number of thiophene rings is 1. The molecular formula is C19H15N5O2S2. The first-order valence-electron chi connectivity index (χ1n) is 8.56. The summed E-state index contributed by atoms with van der Waals surface area (Å²) in [7, 11) is 0. The zero-order valence-electron chi connectivity index (χ0n) is 14.7. The molecule has 2 aliphatic rings. The minimum atomic E-state index is -0.794. The van der Waals surface area contributed by atoms with Gasteiger partial charge in [0.15, 0.2) is 5.17 Å². The summed E-state index contributed by atoms with van der Waals surface area (Å²) in [6.07, 6.45) is -0.0252. The highest BCUT2D eigenvalue weighted by Gasteiger charge is 2.41. The fourth-order valence-electron chi connectivity index (χ4n) is 2.98. The predicted octanol–water partition coefficient (Wildman–Crippen LogP) is 2.67. The van der Waals surface area contributed by atoms with Gasteiger partial charge in [0.25, 0.3) is 5.91 Å². The molecule has 28 heavy (non-hydrogen) atoms. The van der Waals surface area contributed by atoms with Crippen LogP contribution in [0.2, 0.25) is 0 Å². The van der Waals surface area contributed by atoms with E-state index in [1.54, 1.807) is 11.3 Å². The summed E-state index contributed by atoms with van der Waals surface area (Å²) in [4.78, 5) is 36.8. The Morgan fingerprint density at radius 2 is 2.18 bits per heavy atom. The molecule has 9 heteroatoms. The van der Waals surface area contributed by atoms with Crippen molar-refractivity contribution in [2.24, 2.45) is 9.98 Å². The van der Waals surface area contributed by atoms with Crippen LogP contribution in [0.4, 0.5) is 5.69 Å². The molecule has 1 aromatic carbocycles. The third kappa shape index (κ3) is 3.56. The number of hydrogen-bond donors (Lipinski definition) is 1. The highest BCUT2D eigenvalue weighted by molar-refractivity contribution is 8.14. The van der Waals surface area contributed by atoms with Crippen molar-refractivity contribution in [2.45, 2.75) is 19.0 Å². The molecule has 0 radical (unpaired) electrons. The molecule has 0 fully saturated rings. The SMILES string of the molecule is N#CCSC1=Nc2ccccc2C2=NC(CC(=O)NCc3cccs3)C(=O)N12. The number of nitriles is 1. The maximum atomic E-state index is 12.9. The predicted molar refractivity (Wildman–Crippen MR) is 110 cm³/mol. The first-order valence-corrected chi connectivity index (χ1v) is 10.4. The molecular weight excluding hydrogens is 394 g/mol. The van der Waals surface area contributed by atoms with E-state index in [0.717, 1.165) is 10.4 Å². The molecule has 0 bridgehead atoms. The average molecular weight is 409 g/mol. The third-order valence-electron chi connectivity index (χ3n) is 4.23. The first-order chi connectivity index (χ1) is 13.7. The lowest BCUT2D eigenvalue weighted by Gasteiger charge is -2.25. The number of carbonyl (C=O) groups is 2. The first kappa shape index (κ1) is 18.4. The van der Waals surface area contributed by atoms with Gasteiger partial charge < -0.3 is 5.32 Å². The fraction of sp³-hybridized carbons (Fsp3) is 0.211. The summed E-state index contributed by atoms with van der Waals surface area (Å²) >= 11 is 2.75. The number of nitrogens with one attached hydrogen (secondary N) is 1. The van der Waals surface area contributed by atoms with Crippen molar-refractivity contribution in [1.29, 1.82) is 5.26 Å². The highest BCUT2D eigenvalue weighted by atomic mass is 32.2. The van der Waals surface area contributed by atoms with E-state index in [0.29, 0.717) is 23.2 Å².